The Hall–Kier alpha value is -2.69. The van der Waals surface area contributed by atoms with Gasteiger partial charge in [-0.05, 0) is 44.0 Å². The summed E-state index contributed by atoms with van der Waals surface area (Å²) >= 11 is 12.8. The lowest BCUT2D eigenvalue weighted by molar-refractivity contribution is -0.140. The molecule has 0 heterocycles. The third-order valence-electron chi connectivity index (χ3n) is 6.11. The van der Waals surface area contributed by atoms with Gasteiger partial charge in [-0.2, -0.15) is 0 Å². The van der Waals surface area contributed by atoms with E-state index in [4.69, 9.17) is 32.7 Å². The molecule has 2 rings (SSSR count). The van der Waals surface area contributed by atoms with E-state index in [0.29, 0.717) is 27.8 Å². The predicted molar refractivity (Wildman–Crippen MR) is 151 cm³/mol. The van der Waals surface area contributed by atoms with Crippen molar-refractivity contribution < 1.29 is 27.5 Å². The molecule has 0 radical (unpaired) electrons. The minimum atomic E-state index is -3.95. The van der Waals surface area contributed by atoms with Crippen LogP contribution < -0.4 is 19.1 Å². The van der Waals surface area contributed by atoms with E-state index in [1.165, 1.54) is 31.3 Å². The maximum atomic E-state index is 13.9. The number of sulfonamides is 1. The Morgan fingerprint density at radius 3 is 2.16 bits per heavy atom. The number of hydrogen-bond donors (Lipinski definition) is 1. The molecule has 0 saturated heterocycles. The normalized spacial score (nSPS) is 12.8. The molecule has 2 atom stereocenters. The highest BCUT2D eigenvalue weighted by Gasteiger charge is 2.33. The molecule has 0 bridgehead atoms. The van der Waals surface area contributed by atoms with Gasteiger partial charge in [0.15, 0.2) is 0 Å². The van der Waals surface area contributed by atoms with Crippen LogP contribution in [0.2, 0.25) is 10.0 Å². The van der Waals surface area contributed by atoms with Gasteiger partial charge in [0.2, 0.25) is 21.8 Å². The highest BCUT2D eigenvalue weighted by molar-refractivity contribution is 7.92. The van der Waals surface area contributed by atoms with Crippen LogP contribution in [0.4, 0.5) is 5.69 Å². The Labute approximate surface area is 235 Å². The summed E-state index contributed by atoms with van der Waals surface area (Å²) in [4.78, 5) is 28.4. The van der Waals surface area contributed by atoms with Crippen LogP contribution >= 0.6 is 23.2 Å². The zero-order chi connectivity index (χ0) is 28.6. The van der Waals surface area contributed by atoms with E-state index in [-0.39, 0.29) is 36.4 Å². The summed E-state index contributed by atoms with van der Waals surface area (Å²) in [6, 6.07) is 8.51. The molecule has 1 N–H and O–H groups in total. The van der Waals surface area contributed by atoms with Gasteiger partial charge in [-0.15, -0.1) is 0 Å². The maximum Gasteiger partial charge on any atom is 0.244 e. The van der Waals surface area contributed by atoms with Crippen LogP contribution in [0.5, 0.6) is 11.5 Å². The fourth-order valence-corrected chi connectivity index (χ4v) is 5.17. The monoisotopic (exact) mass is 587 g/mol. The van der Waals surface area contributed by atoms with Gasteiger partial charge in [0.25, 0.3) is 0 Å². The number of hydrogen-bond acceptors (Lipinski definition) is 6. The number of carbonyl (C=O) groups is 2. The Morgan fingerprint density at radius 1 is 1.03 bits per heavy atom. The lowest BCUT2D eigenvalue weighted by Crippen LogP contribution is -2.53. The van der Waals surface area contributed by atoms with E-state index in [0.717, 1.165) is 10.6 Å². The van der Waals surface area contributed by atoms with E-state index in [9.17, 15) is 18.0 Å². The van der Waals surface area contributed by atoms with Crippen LogP contribution in [0, 0.1) is 0 Å². The summed E-state index contributed by atoms with van der Waals surface area (Å²) in [5.41, 5.74) is 0.601. The fourth-order valence-electron chi connectivity index (χ4n) is 3.80. The second-order valence-corrected chi connectivity index (χ2v) is 11.5. The summed E-state index contributed by atoms with van der Waals surface area (Å²) in [5.74, 6) is -0.320. The van der Waals surface area contributed by atoms with E-state index in [1.807, 2.05) is 13.8 Å². The van der Waals surface area contributed by atoms with Gasteiger partial charge in [0.1, 0.15) is 24.1 Å². The lowest BCUT2D eigenvalue weighted by atomic mass is 10.1. The van der Waals surface area contributed by atoms with E-state index in [1.54, 1.807) is 31.2 Å². The van der Waals surface area contributed by atoms with Crippen molar-refractivity contribution in [2.75, 3.05) is 31.3 Å². The number of carbonyl (C=O) groups excluding carboxylic acids is 2. The van der Waals surface area contributed by atoms with Crippen LogP contribution in [0.15, 0.2) is 36.4 Å². The fraction of sp³-hybridized carbons (Fsp3) is 0.462. The van der Waals surface area contributed by atoms with Gasteiger partial charge >= 0.3 is 0 Å². The Bertz CT molecular complexity index is 1220. The van der Waals surface area contributed by atoms with E-state index >= 15 is 0 Å². The quantitative estimate of drug-likeness (QED) is 0.370. The molecule has 12 heteroatoms. The molecule has 38 heavy (non-hydrogen) atoms. The highest BCUT2D eigenvalue weighted by atomic mass is 35.5. The highest BCUT2D eigenvalue weighted by Crippen LogP contribution is 2.34. The second-order valence-electron chi connectivity index (χ2n) is 8.77. The minimum Gasteiger partial charge on any atom is -0.497 e. The molecule has 2 aromatic carbocycles. The predicted octanol–water partition coefficient (Wildman–Crippen LogP) is 4.50. The molecule has 2 amide bonds. The Balaban J connectivity index is 2.57. The Morgan fingerprint density at radius 2 is 1.66 bits per heavy atom. The summed E-state index contributed by atoms with van der Waals surface area (Å²) in [6.45, 7) is 4.89. The van der Waals surface area contributed by atoms with Crippen LogP contribution in [0.1, 0.15) is 39.2 Å². The molecule has 9 nitrogen and oxygen atoms in total. The first-order chi connectivity index (χ1) is 17.9. The van der Waals surface area contributed by atoms with Crippen molar-refractivity contribution in [3.8, 4) is 11.5 Å². The number of nitrogens with zero attached hydrogens (tertiary/aromatic N) is 2. The topological polar surface area (TPSA) is 105 Å². The first-order valence-corrected chi connectivity index (χ1v) is 14.7. The summed E-state index contributed by atoms with van der Waals surface area (Å²) in [5, 5.41) is 3.56. The molecular formula is C26H35Cl2N3O6S. The van der Waals surface area contributed by atoms with Crippen molar-refractivity contribution in [2.24, 2.45) is 0 Å². The first-order valence-electron chi connectivity index (χ1n) is 12.1. The maximum absolute atomic E-state index is 13.9. The summed E-state index contributed by atoms with van der Waals surface area (Å²) in [7, 11) is -1.09. The number of amides is 2. The van der Waals surface area contributed by atoms with Gasteiger partial charge in [-0.25, -0.2) is 8.42 Å². The van der Waals surface area contributed by atoms with Gasteiger partial charge < -0.3 is 19.7 Å². The number of ether oxygens (including phenoxy) is 2. The van der Waals surface area contributed by atoms with Crippen molar-refractivity contribution >= 4 is 50.7 Å². The van der Waals surface area contributed by atoms with Crippen molar-refractivity contribution in [1.82, 2.24) is 10.2 Å². The van der Waals surface area contributed by atoms with Gasteiger partial charge in [-0.3, -0.25) is 13.9 Å². The molecule has 0 saturated carbocycles. The van der Waals surface area contributed by atoms with Crippen molar-refractivity contribution in [2.45, 2.75) is 52.2 Å². The molecule has 0 aliphatic heterocycles. The zero-order valence-corrected chi connectivity index (χ0v) is 24.8. The molecule has 0 aromatic heterocycles. The molecule has 2 aromatic rings. The smallest absolute Gasteiger partial charge is 0.244 e. The van der Waals surface area contributed by atoms with Crippen molar-refractivity contribution in [1.29, 1.82) is 0 Å². The summed E-state index contributed by atoms with van der Waals surface area (Å²) < 4.78 is 37.3. The molecule has 0 aliphatic rings. The third kappa shape index (κ3) is 7.91. The third-order valence-corrected chi connectivity index (χ3v) is 7.95. The van der Waals surface area contributed by atoms with Gasteiger partial charge in [0.05, 0.1) is 26.2 Å². The van der Waals surface area contributed by atoms with Crippen LogP contribution in [-0.4, -0.2) is 64.2 Å². The first kappa shape index (κ1) is 31.5. The van der Waals surface area contributed by atoms with E-state index < -0.39 is 28.5 Å². The number of nitrogens with one attached hydrogen (secondary N) is 1. The second kappa shape index (κ2) is 13.9. The Kier molecular flexibility index (Phi) is 11.5. The van der Waals surface area contributed by atoms with Gasteiger partial charge in [-0.1, -0.05) is 43.1 Å². The lowest BCUT2D eigenvalue weighted by Gasteiger charge is -2.34. The average molecular weight is 589 g/mol. The van der Waals surface area contributed by atoms with Gasteiger partial charge in [0, 0.05) is 34.3 Å². The largest absolute Gasteiger partial charge is 0.497 e. The van der Waals surface area contributed by atoms with Crippen molar-refractivity contribution in [3.05, 3.63) is 52.0 Å². The standard InChI is InChI=1S/C26H35Cl2N3O6S/c1-7-17(3)29-26(33)22(8-2)30(15-19-20(27)10-9-11-21(19)28)25(32)16-31(38(6,34)35)23-13-12-18(36-4)14-24(23)37-5/h9-14,17,22H,7-8,15-16H2,1-6H3,(H,29,33)/t17-,22+/m0/s1. The SMILES string of the molecule is CC[C@H](C(=O)N[C@@H](C)CC)N(Cc1c(Cl)cccc1Cl)C(=O)CN(c1ccc(OC)cc1OC)S(C)(=O)=O. The molecular weight excluding hydrogens is 553 g/mol. The minimum absolute atomic E-state index is 0.0961. The van der Waals surface area contributed by atoms with E-state index in [2.05, 4.69) is 5.32 Å². The van der Waals surface area contributed by atoms with Crippen LogP contribution in [-0.2, 0) is 26.2 Å². The molecule has 0 aliphatic carbocycles. The number of halogens is 2. The number of methoxy groups -OCH3 is 2. The average Bonchev–Trinajstić information content (AvgIpc) is 2.87. The molecule has 0 unspecified atom stereocenters. The number of benzene rings is 2. The van der Waals surface area contributed by atoms with Crippen LogP contribution in [0.3, 0.4) is 0 Å². The zero-order valence-electron chi connectivity index (χ0n) is 22.5. The summed E-state index contributed by atoms with van der Waals surface area (Å²) in [6.07, 6.45) is 1.97. The molecule has 210 valence electrons. The number of rotatable bonds is 13. The number of anilines is 1. The molecule has 0 fully saturated rings. The molecule has 0 spiro atoms. The van der Waals surface area contributed by atoms with Crippen molar-refractivity contribution in [3.63, 3.8) is 0 Å². The van der Waals surface area contributed by atoms with Crippen LogP contribution in [0.25, 0.3) is 0 Å².